The molecular formula is C12H14ClN3. The Morgan fingerprint density at radius 2 is 2.00 bits per heavy atom. The summed E-state index contributed by atoms with van der Waals surface area (Å²) in [6.07, 6.45) is 3.42. The van der Waals surface area contributed by atoms with Gasteiger partial charge in [0, 0.05) is 12.2 Å². The molecule has 0 radical (unpaired) electrons. The molecule has 84 valence electrons. The van der Waals surface area contributed by atoms with E-state index < -0.39 is 0 Å². The van der Waals surface area contributed by atoms with E-state index in [-0.39, 0.29) is 12.1 Å². The van der Waals surface area contributed by atoms with Gasteiger partial charge in [0.15, 0.2) is 0 Å². The van der Waals surface area contributed by atoms with Gasteiger partial charge in [-0.15, -0.1) is 0 Å². The van der Waals surface area contributed by atoms with Crippen LogP contribution in [-0.2, 0) is 0 Å². The third-order valence-electron chi connectivity index (χ3n) is 2.49. The Labute approximate surface area is 99.8 Å². The Morgan fingerprint density at radius 3 is 2.50 bits per heavy atom. The number of hydrogen-bond acceptors (Lipinski definition) is 2. The lowest BCUT2D eigenvalue weighted by atomic mass is 10.0. The zero-order valence-corrected chi connectivity index (χ0v) is 9.80. The molecule has 2 rings (SSSR count). The number of nitrogens with two attached hydrogens (primary N) is 1. The van der Waals surface area contributed by atoms with Crippen molar-refractivity contribution >= 4 is 11.6 Å². The molecule has 0 aliphatic rings. The van der Waals surface area contributed by atoms with E-state index in [4.69, 9.17) is 17.3 Å². The number of rotatable bonds is 3. The van der Waals surface area contributed by atoms with Crippen LogP contribution in [-0.4, -0.2) is 15.8 Å². The molecule has 1 aromatic carbocycles. The zero-order chi connectivity index (χ0) is 11.5. The van der Waals surface area contributed by atoms with Gasteiger partial charge in [-0.3, -0.25) is 4.68 Å². The number of halogens is 1. The van der Waals surface area contributed by atoms with E-state index in [2.05, 4.69) is 5.10 Å². The van der Waals surface area contributed by atoms with Crippen LogP contribution in [0.2, 0.25) is 5.02 Å². The lowest BCUT2D eigenvalue weighted by molar-refractivity contribution is 0.454. The number of hydrogen-bond donors (Lipinski definition) is 1. The first-order valence-electron chi connectivity index (χ1n) is 5.18. The van der Waals surface area contributed by atoms with Gasteiger partial charge in [0.2, 0.25) is 0 Å². The van der Waals surface area contributed by atoms with Crippen molar-refractivity contribution < 1.29 is 0 Å². The second-order valence-electron chi connectivity index (χ2n) is 3.85. The molecule has 0 aliphatic heterocycles. The minimum Gasteiger partial charge on any atom is -0.326 e. The Bertz CT molecular complexity index is 450. The topological polar surface area (TPSA) is 43.8 Å². The molecule has 0 amide bonds. The number of benzene rings is 1. The van der Waals surface area contributed by atoms with E-state index in [1.54, 1.807) is 12.4 Å². The molecule has 16 heavy (non-hydrogen) atoms. The van der Waals surface area contributed by atoms with E-state index in [1.807, 2.05) is 41.9 Å². The summed E-state index contributed by atoms with van der Waals surface area (Å²) in [5, 5.41) is 4.84. The highest BCUT2D eigenvalue weighted by molar-refractivity contribution is 6.30. The fourth-order valence-corrected chi connectivity index (χ4v) is 1.96. The number of aromatic nitrogens is 2. The van der Waals surface area contributed by atoms with Gasteiger partial charge < -0.3 is 5.73 Å². The molecular weight excluding hydrogens is 222 g/mol. The summed E-state index contributed by atoms with van der Waals surface area (Å²) in [5.74, 6) is 0. The Kier molecular flexibility index (Phi) is 3.27. The van der Waals surface area contributed by atoms with E-state index in [0.29, 0.717) is 5.02 Å². The molecule has 0 bridgehead atoms. The van der Waals surface area contributed by atoms with Crippen LogP contribution < -0.4 is 5.73 Å². The molecule has 2 aromatic rings. The quantitative estimate of drug-likeness (QED) is 0.888. The van der Waals surface area contributed by atoms with E-state index in [9.17, 15) is 0 Å². The minimum absolute atomic E-state index is 0.0219. The SMILES string of the molecule is CC(N)C(c1ccccc1)n1cc(Cl)cn1. The second-order valence-corrected chi connectivity index (χ2v) is 4.29. The molecule has 0 saturated heterocycles. The molecule has 2 N–H and O–H groups in total. The van der Waals surface area contributed by atoms with E-state index in [0.717, 1.165) is 5.56 Å². The van der Waals surface area contributed by atoms with Gasteiger partial charge >= 0.3 is 0 Å². The van der Waals surface area contributed by atoms with E-state index >= 15 is 0 Å². The normalized spacial score (nSPS) is 14.7. The van der Waals surface area contributed by atoms with Gasteiger partial charge in [-0.1, -0.05) is 41.9 Å². The van der Waals surface area contributed by atoms with Crippen molar-refractivity contribution in [2.45, 2.75) is 19.0 Å². The molecule has 0 aliphatic carbocycles. The third kappa shape index (κ3) is 2.26. The summed E-state index contributed by atoms with van der Waals surface area (Å²) in [7, 11) is 0. The molecule has 3 nitrogen and oxygen atoms in total. The third-order valence-corrected chi connectivity index (χ3v) is 2.69. The molecule has 0 spiro atoms. The van der Waals surface area contributed by atoms with Crippen molar-refractivity contribution in [2.24, 2.45) is 5.73 Å². The predicted molar refractivity (Wildman–Crippen MR) is 65.5 cm³/mol. The van der Waals surface area contributed by atoms with Gasteiger partial charge in [-0.2, -0.15) is 5.10 Å². The first-order valence-corrected chi connectivity index (χ1v) is 5.56. The monoisotopic (exact) mass is 235 g/mol. The fraction of sp³-hybridized carbons (Fsp3) is 0.250. The first kappa shape index (κ1) is 11.2. The molecule has 2 atom stereocenters. The smallest absolute Gasteiger partial charge is 0.0917 e. The van der Waals surface area contributed by atoms with Gasteiger partial charge in [0.05, 0.1) is 17.3 Å². The maximum absolute atomic E-state index is 6.01. The van der Waals surface area contributed by atoms with Crippen molar-refractivity contribution in [2.75, 3.05) is 0 Å². The Balaban J connectivity index is 2.39. The summed E-state index contributed by atoms with van der Waals surface area (Å²) in [4.78, 5) is 0. The van der Waals surface area contributed by atoms with Crippen molar-refractivity contribution in [1.82, 2.24) is 9.78 Å². The standard InChI is InChI=1S/C12H14ClN3/c1-9(14)12(10-5-3-2-4-6-10)16-8-11(13)7-15-16/h2-9,12H,14H2,1H3. The summed E-state index contributed by atoms with van der Waals surface area (Å²) in [5.41, 5.74) is 7.14. The van der Waals surface area contributed by atoms with Crippen LogP contribution >= 0.6 is 11.6 Å². The van der Waals surface area contributed by atoms with Crippen molar-refractivity contribution in [3.63, 3.8) is 0 Å². The van der Waals surface area contributed by atoms with Crippen LogP contribution in [0.4, 0.5) is 0 Å². The van der Waals surface area contributed by atoms with Crippen LogP contribution in [0.5, 0.6) is 0 Å². The van der Waals surface area contributed by atoms with Crippen molar-refractivity contribution in [3.8, 4) is 0 Å². The Hall–Kier alpha value is -1.32. The van der Waals surface area contributed by atoms with Crippen LogP contribution in [0.15, 0.2) is 42.7 Å². The Morgan fingerprint density at radius 1 is 1.31 bits per heavy atom. The highest BCUT2D eigenvalue weighted by atomic mass is 35.5. The first-order chi connectivity index (χ1) is 7.68. The molecule has 1 aromatic heterocycles. The molecule has 2 unspecified atom stereocenters. The summed E-state index contributed by atoms with van der Waals surface area (Å²) in [6.45, 7) is 1.97. The van der Waals surface area contributed by atoms with Crippen LogP contribution in [0, 0.1) is 0 Å². The highest BCUT2D eigenvalue weighted by Crippen LogP contribution is 2.21. The van der Waals surface area contributed by atoms with Crippen molar-refractivity contribution in [3.05, 3.63) is 53.3 Å². The fourth-order valence-electron chi connectivity index (χ4n) is 1.81. The average molecular weight is 236 g/mol. The van der Waals surface area contributed by atoms with Crippen LogP contribution in [0.3, 0.4) is 0 Å². The summed E-state index contributed by atoms with van der Waals surface area (Å²) >= 11 is 5.87. The van der Waals surface area contributed by atoms with Gasteiger partial charge in [-0.05, 0) is 12.5 Å². The lowest BCUT2D eigenvalue weighted by Gasteiger charge is -2.21. The zero-order valence-electron chi connectivity index (χ0n) is 9.05. The predicted octanol–water partition coefficient (Wildman–Crippen LogP) is 2.47. The molecule has 0 saturated carbocycles. The van der Waals surface area contributed by atoms with E-state index in [1.165, 1.54) is 0 Å². The van der Waals surface area contributed by atoms with Gasteiger partial charge in [0.1, 0.15) is 0 Å². The van der Waals surface area contributed by atoms with Crippen LogP contribution in [0.25, 0.3) is 0 Å². The maximum atomic E-state index is 6.01. The van der Waals surface area contributed by atoms with Crippen LogP contribution in [0.1, 0.15) is 18.5 Å². The largest absolute Gasteiger partial charge is 0.326 e. The maximum Gasteiger partial charge on any atom is 0.0917 e. The minimum atomic E-state index is -0.0293. The molecule has 1 heterocycles. The number of nitrogens with zero attached hydrogens (tertiary/aromatic N) is 2. The lowest BCUT2D eigenvalue weighted by Crippen LogP contribution is -2.30. The average Bonchev–Trinajstić information content (AvgIpc) is 2.66. The summed E-state index contributed by atoms with van der Waals surface area (Å²) in [6, 6.07) is 10.1. The van der Waals surface area contributed by atoms with Gasteiger partial charge in [-0.25, -0.2) is 0 Å². The highest BCUT2D eigenvalue weighted by Gasteiger charge is 2.18. The van der Waals surface area contributed by atoms with Crippen molar-refractivity contribution in [1.29, 1.82) is 0 Å². The summed E-state index contributed by atoms with van der Waals surface area (Å²) < 4.78 is 1.81. The molecule has 4 heteroatoms. The molecule has 0 fully saturated rings. The second kappa shape index (κ2) is 4.68. The van der Waals surface area contributed by atoms with Gasteiger partial charge in [0.25, 0.3) is 0 Å².